The molecule has 0 saturated carbocycles. The Bertz CT molecular complexity index is 975. The Balaban J connectivity index is 4.78. The van der Waals surface area contributed by atoms with E-state index >= 15 is 0 Å². The van der Waals surface area contributed by atoms with Crippen molar-refractivity contribution in [2.24, 2.45) is 0 Å². The molecule has 0 bridgehead atoms. The molecule has 0 heterocycles. The van der Waals surface area contributed by atoms with Gasteiger partial charge in [-0.25, -0.2) is 9.59 Å². The van der Waals surface area contributed by atoms with Crippen molar-refractivity contribution in [3.63, 3.8) is 0 Å². The monoisotopic (exact) mass is 458 g/mol. The third-order valence-corrected chi connectivity index (χ3v) is 3.45. The molecule has 34 heavy (non-hydrogen) atoms. The van der Waals surface area contributed by atoms with E-state index in [4.69, 9.17) is 41.0 Å². The highest BCUT2D eigenvalue weighted by Crippen LogP contribution is 2.01. The fraction of sp³-hybridized carbons (Fsp3) is 0.273. The van der Waals surface area contributed by atoms with Gasteiger partial charge in [0.2, 0.25) is 0 Å². The van der Waals surface area contributed by atoms with Gasteiger partial charge < -0.3 is 19.3 Å². The molecule has 0 aromatic heterocycles. The Labute approximate surface area is 196 Å². The maximum absolute atomic E-state index is 11.9. The van der Waals surface area contributed by atoms with E-state index in [0.717, 1.165) is 12.2 Å². The molecular weight excluding hydrogens is 440 g/mol. The zero-order valence-corrected chi connectivity index (χ0v) is 17.9. The number of rotatable bonds is 13. The number of ether oxygens (including phenoxy) is 2. The minimum atomic E-state index is -0.982. The summed E-state index contributed by atoms with van der Waals surface area (Å²) < 4.78 is 9.67. The zero-order valence-electron chi connectivity index (χ0n) is 17.9. The lowest BCUT2D eigenvalue weighted by atomic mass is 10.2. The van der Waals surface area contributed by atoms with Crippen LogP contribution in [0.15, 0.2) is 47.9 Å². The number of carbonyl (C=O) groups is 2. The topological polar surface area (TPSA) is 202 Å². The average Bonchev–Trinajstić information content (AvgIpc) is 2.82. The minimum Gasteiger partial charge on any atom is -0.458 e. The van der Waals surface area contributed by atoms with E-state index in [2.05, 4.69) is 0 Å². The second kappa shape index (κ2) is 18.2. The Hall–Kier alpha value is -5.56. The van der Waals surface area contributed by atoms with Gasteiger partial charge in [-0.05, 0) is 24.3 Å². The predicted octanol–water partition coefficient (Wildman–Crippen LogP) is 0.698. The van der Waals surface area contributed by atoms with Crippen LogP contribution in [-0.2, 0) is 19.1 Å². The number of nitriles is 6. The molecule has 0 rings (SSSR count). The molecule has 0 fully saturated rings. The number of esters is 2. The molecule has 0 aliphatic carbocycles. The zero-order chi connectivity index (χ0) is 25.6. The van der Waals surface area contributed by atoms with E-state index in [0.29, 0.717) is 0 Å². The molecule has 170 valence electrons. The van der Waals surface area contributed by atoms with Gasteiger partial charge in [0.15, 0.2) is 0 Å². The summed E-state index contributed by atoms with van der Waals surface area (Å²) in [4.78, 5) is 26.6. The summed E-state index contributed by atoms with van der Waals surface area (Å²) in [5.41, 5.74) is -0.725. The predicted molar refractivity (Wildman–Crippen MR) is 113 cm³/mol. The van der Waals surface area contributed by atoms with Crippen LogP contribution in [0.5, 0.6) is 0 Å². The van der Waals surface area contributed by atoms with Gasteiger partial charge in [-0.3, -0.25) is 0 Å². The average molecular weight is 458 g/mol. The first-order chi connectivity index (χ1) is 16.5. The molecule has 0 aliphatic rings. The molecule has 0 radical (unpaired) electrons. The van der Waals surface area contributed by atoms with Crippen LogP contribution in [0.1, 0.15) is 0 Å². The molecule has 0 saturated heterocycles. The Morgan fingerprint density at radius 2 is 0.941 bits per heavy atom. The largest absolute Gasteiger partial charge is 0.458 e. The summed E-state index contributed by atoms with van der Waals surface area (Å²) in [5.74, 6) is -1.96. The number of carbonyl (C=O) groups excluding carboxylic acids is 2. The summed E-state index contributed by atoms with van der Waals surface area (Å²) in [6.45, 7) is -0.972. The summed E-state index contributed by atoms with van der Waals surface area (Å²) >= 11 is 0. The van der Waals surface area contributed by atoms with Crippen molar-refractivity contribution >= 4 is 11.9 Å². The van der Waals surface area contributed by atoms with Crippen molar-refractivity contribution in [1.29, 1.82) is 31.6 Å². The first kappa shape index (κ1) is 28.4. The normalized spacial score (nSPS) is 10.6. The van der Waals surface area contributed by atoms with Gasteiger partial charge >= 0.3 is 11.9 Å². The van der Waals surface area contributed by atoms with Crippen LogP contribution < -0.4 is 0 Å². The maximum atomic E-state index is 11.9. The number of nitrogens with zero attached hydrogens (tertiary/aromatic N) is 8. The third-order valence-electron chi connectivity index (χ3n) is 3.45. The fourth-order valence-electron chi connectivity index (χ4n) is 1.93. The molecule has 0 aliphatic heterocycles. The highest BCUT2D eigenvalue weighted by atomic mass is 16.6. The molecule has 0 amide bonds. The van der Waals surface area contributed by atoms with Crippen molar-refractivity contribution in [1.82, 2.24) is 9.80 Å². The quantitative estimate of drug-likeness (QED) is 0.0934. The number of hydrogen-bond acceptors (Lipinski definition) is 12. The lowest BCUT2D eigenvalue weighted by molar-refractivity contribution is -0.146. The van der Waals surface area contributed by atoms with Crippen molar-refractivity contribution in [2.45, 2.75) is 0 Å². The molecule has 0 N–H and O–H groups in total. The smallest absolute Gasteiger partial charge is 0.349 e. The first-order valence-electron chi connectivity index (χ1n) is 9.34. The lowest BCUT2D eigenvalue weighted by Gasteiger charge is -2.10. The molecule has 0 aromatic carbocycles. The van der Waals surface area contributed by atoms with Gasteiger partial charge in [0.1, 0.15) is 62.7 Å². The number of hydrogen-bond donors (Lipinski definition) is 0. The standard InChI is InChI=1S/C22H18N8O4/c23-5-11-29(12-6-24)9-1-3-19(17-27)21(31)33-15-16-34-22(32)20(18-28)4-2-10-30(13-7-25)14-8-26/h1-4,9-10H,11-16H2/b9-1+,10-2+,19-3-,20-4-. The Morgan fingerprint density at radius 1 is 0.618 bits per heavy atom. The van der Waals surface area contributed by atoms with Gasteiger partial charge in [-0.1, -0.05) is 0 Å². The van der Waals surface area contributed by atoms with E-state index in [1.54, 1.807) is 12.1 Å². The van der Waals surface area contributed by atoms with Crippen molar-refractivity contribution < 1.29 is 19.1 Å². The van der Waals surface area contributed by atoms with Crippen LogP contribution in [0, 0.1) is 68.0 Å². The van der Waals surface area contributed by atoms with Gasteiger partial charge in [-0.2, -0.15) is 31.6 Å². The van der Waals surface area contributed by atoms with E-state index in [1.165, 1.54) is 34.4 Å². The van der Waals surface area contributed by atoms with Crippen molar-refractivity contribution in [3.05, 3.63) is 47.9 Å². The van der Waals surface area contributed by atoms with Gasteiger partial charge in [-0.15, -0.1) is 0 Å². The van der Waals surface area contributed by atoms with Crippen LogP contribution in [0.25, 0.3) is 0 Å². The molecule has 12 nitrogen and oxygen atoms in total. The summed E-state index contributed by atoms with van der Waals surface area (Å²) in [6, 6.07) is 10.7. The van der Waals surface area contributed by atoms with Gasteiger partial charge in [0, 0.05) is 12.4 Å². The Morgan fingerprint density at radius 3 is 1.21 bits per heavy atom. The van der Waals surface area contributed by atoms with Gasteiger partial charge in [0.05, 0.1) is 24.3 Å². The number of allylic oxidation sites excluding steroid dienone is 4. The van der Waals surface area contributed by atoms with E-state index in [9.17, 15) is 9.59 Å². The van der Waals surface area contributed by atoms with E-state index in [-0.39, 0.29) is 50.5 Å². The molecule has 0 aromatic rings. The highest BCUT2D eigenvalue weighted by molar-refractivity contribution is 5.93. The lowest BCUT2D eigenvalue weighted by Crippen LogP contribution is -2.17. The molecule has 0 atom stereocenters. The third kappa shape index (κ3) is 12.2. The molecule has 0 unspecified atom stereocenters. The first-order valence-corrected chi connectivity index (χ1v) is 9.34. The Kier molecular flexibility index (Phi) is 15.2. The molecular formula is C22H18N8O4. The SMILES string of the molecule is N#CCN(/C=C/C=C(/C#N)C(=O)OCCOC(=O)/C(C#N)=C\C=C\N(CC#N)CC#N)CC#N. The van der Waals surface area contributed by atoms with Gasteiger partial charge in [0.25, 0.3) is 0 Å². The van der Waals surface area contributed by atoms with E-state index in [1.807, 2.05) is 24.3 Å². The molecule has 0 spiro atoms. The summed E-state index contributed by atoms with van der Waals surface area (Å²) in [6.07, 6.45) is 7.62. The summed E-state index contributed by atoms with van der Waals surface area (Å²) in [5, 5.41) is 52.8. The van der Waals surface area contributed by atoms with Crippen LogP contribution >= 0.6 is 0 Å². The van der Waals surface area contributed by atoms with Crippen LogP contribution in [0.2, 0.25) is 0 Å². The van der Waals surface area contributed by atoms with Crippen molar-refractivity contribution in [2.75, 3.05) is 39.4 Å². The maximum Gasteiger partial charge on any atom is 0.349 e. The van der Waals surface area contributed by atoms with Crippen molar-refractivity contribution in [3.8, 4) is 36.4 Å². The van der Waals surface area contributed by atoms with Crippen LogP contribution in [0.3, 0.4) is 0 Å². The van der Waals surface area contributed by atoms with Crippen LogP contribution in [-0.4, -0.2) is 61.1 Å². The fourth-order valence-corrected chi connectivity index (χ4v) is 1.93. The highest BCUT2D eigenvalue weighted by Gasteiger charge is 2.12. The van der Waals surface area contributed by atoms with E-state index < -0.39 is 11.9 Å². The second-order valence-corrected chi connectivity index (χ2v) is 5.78. The van der Waals surface area contributed by atoms with Crippen LogP contribution in [0.4, 0.5) is 0 Å². The molecule has 12 heteroatoms. The summed E-state index contributed by atoms with van der Waals surface area (Å²) in [7, 11) is 0. The second-order valence-electron chi connectivity index (χ2n) is 5.78. The minimum absolute atomic E-state index is 0.0531.